The van der Waals surface area contributed by atoms with Gasteiger partial charge in [-0.15, -0.1) is 0 Å². The van der Waals surface area contributed by atoms with E-state index in [4.69, 9.17) is 27.9 Å². The van der Waals surface area contributed by atoms with Crippen LogP contribution in [0.25, 0.3) is 0 Å². The summed E-state index contributed by atoms with van der Waals surface area (Å²) in [5.74, 6) is 0.599. The Morgan fingerprint density at radius 1 is 1.00 bits per heavy atom. The quantitative estimate of drug-likeness (QED) is 0.579. The van der Waals surface area contributed by atoms with Crippen molar-refractivity contribution in [2.24, 2.45) is 0 Å². The van der Waals surface area contributed by atoms with E-state index in [1.807, 2.05) is 12.1 Å². The Morgan fingerprint density at radius 2 is 1.70 bits per heavy atom. The topological polar surface area (TPSA) is 21.3 Å². The van der Waals surface area contributed by atoms with Gasteiger partial charge in [-0.1, -0.05) is 56.3 Å². The minimum absolute atomic E-state index is 0.591. The first-order chi connectivity index (χ1) is 9.69. The molecule has 0 aromatic heterocycles. The largest absolute Gasteiger partial charge is 0.490 e. The van der Waals surface area contributed by atoms with E-state index in [0.29, 0.717) is 22.4 Å². The Hall–Kier alpha value is -0.440. The average Bonchev–Trinajstić information content (AvgIpc) is 2.42. The summed E-state index contributed by atoms with van der Waals surface area (Å²) in [5, 5.41) is 4.60. The van der Waals surface area contributed by atoms with Crippen LogP contribution < -0.4 is 10.1 Å². The van der Waals surface area contributed by atoms with Gasteiger partial charge in [-0.3, -0.25) is 0 Å². The molecular formula is C16H25Cl2NO. The van der Waals surface area contributed by atoms with Crippen LogP contribution in [0.4, 0.5) is 0 Å². The molecule has 0 saturated heterocycles. The molecule has 4 heteroatoms. The second kappa shape index (κ2) is 10.3. The first-order valence-corrected chi connectivity index (χ1v) is 8.26. The number of halogens is 2. The van der Waals surface area contributed by atoms with E-state index in [-0.39, 0.29) is 0 Å². The highest BCUT2D eigenvalue weighted by Gasteiger charge is 2.09. The van der Waals surface area contributed by atoms with Crippen molar-refractivity contribution in [2.45, 2.75) is 52.5 Å². The zero-order valence-corrected chi connectivity index (χ0v) is 14.0. The Balaban J connectivity index is 2.43. The molecule has 0 aliphatic rings. The maximum absolute atomic E-state index is 6.21. The Kier molecular flexibility index (Phi) is 9.08. The molecule has 0 aliphatic carbocycles. The molecule has 0 saturated carbocycles. The van der Waals surface area contributed by atoms with Gasteiger partial charge in [0.2, 0.25) is 0 Å². The van der Waals surface area contributed by atoms with Gasteiger partial charge < -0.3 is 10.1 Å². The van der Waals surface area contributed by atoms with Gasteiger partial charge in [0.1, 0.15) is 0 Å². The fourth-order valence-electron chi connectivity index (χ4n) is 1.97. The molecule has 0 heterocycles. The standard InChI is InChI=1S/C16H25Cl2NO/c1-3-5-6-7-8-19-12-13-10-14(17)16(15(18)11-13)20-9-4-2/h10-11,19H,3-9,12H2,1-2H3. The first kappa shape index (κ1) is 17.6. The molecular weight excluding hydrogens is 293 g/mol. The Morgan fingerprint density at radius 3 is 2.30 bits per heavy atom. The van der Waals surface area contributed by atoms with E-state index in [0.717, 1.165) is 25.1 Å². The number of hydrogen-bond acceptors (Lipinski definition) is 2. The monoisotopic (exact) mass is 317 g/mol. The molecule has 0 radical (unpaired) electrons. The fourth-order valence-corrected chi connectivity index (χ4v) is 2.61. The highest BCUT2D eigenvalue weighted by atomic mass is 35.5. The lowest BCUT2D eigenvalue weighted by molar-refractivity contribution is 0.317. The number of nitrogens with one attached hydrogen (secondary N) is 1. The summed E-state index contributed by atoms with van der Waals surface area (Å²) in [5.41, 5.74) is 1.10. The van der Waals surface area contributed by atoms with Crippen molar-refractivity contribution in [3.05, 3.63) is 27.7 Å². The van der Waals surface area contributed by atoms with Crippen molar-refractivity contribution in [1.82, 2.24) is 5.32 Å². The second-order valence-corrected chi connectivity index (χ2v) is 5.79. The van der Waals surface area contributed by atoms with E-state index < -0.39 is 0 Å². The SMILES string of the molecule is CCCCCCNCc1cc(Cl)c(OCCC)c(Cl)c1. The maximum Gasteiger partial charge on any atom is 0.156 e. The van der Waals surface area contributed by atoms with Crippen LogP contribution in [0.15, 0.2) is 12.1 Å². The third kappa shape index (κ3) is 6.34. The van der Waals surface area contributed by atoms with Crippen LogP contribution in [0.5, 0.6) is 5.75 Å². The zero-order chi connectivity index (χ0) is 14.8. The van der Waals surface area contributed by atoms with Crippen LogP contribution in [-0.2, 0) is 6.54 Å². The molecule has 0 fully saturated rings. The van der Waals surface area contributed by atoms with Crippen molar-refractivity contribution in [2.75, 3.05) is 13.2 Å². The smallest absolute Gasteiger partial charge is 0.156 e. The molecule has 2 nitrogen and oxygen atoms in total. The van der Waals surface area contributed by atoms with Gasteiger partial charge in [-0.25, -0.2) is 0 Å². The molecule has 1 aromatic rings. The first-order valence-electron chi connectivity index (χ1n) is 7.50. The third-order valence-corrected chi connectivity index (χ3v) is 3.61. The summed E-state index contributed by atoms with van der Waals surface area (Å²) in [4.78, 5) is 0. The third-order valence-electron chi connectivity index (χ3n) is 3.04. The van der Waals surface area contributed by atoms with Gasteiger partial charge in [0.25, 0.3) is 0 Å². The molecule has 0 spiro atoms. The maximum atomic E-state index is 6.21. The molecule has 1 rings (SSSR count). The van der Waals surface area contributed by atoms with E-state index >= 15 is 0 Å². The minimum Gasteiger partial charge on any atom is -0.490 e. The lowest BCUT2D eigenvalue weighted by atomic mass is 10.2. The number of benzene rings is 1. The lowest BCUT2D eigenvalue weighted by Crippen LogP contribution is -2.14. The summed E-state index contributed by atoms with van der Waals surface area (Å²) in [6, 6.07) is 3.86. The van der Waals surface area contributed by atoms with Gasteiger partial charge in [0.15, 0.2) is 5.75 Å². The Bertz CT molecular complexity index is 373. The molecule has 0 unspecified atom stereocenters. The van der Waals surface area contributed by atoms with E-state index in [1.54, 1.807) is 0 Å². The number of ether oxygens (including phenoxy) is 1. The highest BCUT2D eigenvalue weighted by Crippen LogP contribution is 2.34. The molecule has 114 valence electrons. The van der Waals surface area contributed by atoms with Crippen molar-refractivity contribution in [1.29, 1.82) is 0 Å². The lowest BCUT2D eigenvalue weighted by Gasteiger charge is -2.11. The molecule has 20 heavy (non-hydrogen) atoms. The van der Waals surface area contributed by atoms with Gasteiger partial charge in [0.05, 0.1) is 16.7 Å². The average molecular weight is 318 g/mol. The van der Waals surface area contributed by atoms with Crippen molar-refractivity contribution < 1.29 is 4.74 Å². The zero-order valence-electron chi connectivity index (χ0n) is 12.5. The van der Waals surface area contributed by atoms with Crippen molar-refractivity contribution in [3.8, 4) is 5.75 Å². The van der Waals surface area contributed by atoms with Gasteiger partial charge in [-0.05, 0) is 37.1 Å². The predicted molar refractivity (Wildman–Crippen MR) is 88.1 cm³/mol. The molecule has 0 atom stereocenters. The van der Waals surface area contributed by atoms with E-state index in [1.165, 1.54) is 25.7 Å². The van der Waals surface area contributed by atoms with Crippen LogP contribution in [0, 0.1) is 0 Å². The van der Waals surface area contributed by atoms with Gasteiger partial charge >= 0.3 is 0 Å². The van der Waals surface area contributed by atoms with Crippen LogP contribution >= 0.6 is 23.2 Å². The van der Waals surface area contributed by atoms with E-state index in [2.05, 4.69) is 19.2 Å². The molecule has 1 aromatic carbocycles. The molecule has 0 amide bonds. The summed E-state index contributed by atoms with van der Waals surface area (Å²) in [6.45, 7) is 6.73. The molecule has 1 N–H and O–H groups in total. The molecule has 0 aliphatic heterocycles. The highest BCUT2D eigenvalue weighted by molar-refractivity contribution is 6.37. The number of unbranched alkanes of at least 4 members (excludes halogenated alkanes) is 3. The number of rotatable bonds is 10. The van der Waals surface area contributed by atoms with E-state index in [9.17, 15) is 0 Å². The normalized spacial score (nSPS) is 10.8. The summed E-state index contributed by atoms with van der Waals surface area (Å²) in [6.07, 6.45) is 6.02. The predicted octanol–water partition coefficient (Wildman–Crippen LogP) is 5.45. The minimum atomic E-state index is 0.591. The summed E-state index contributed by atoms with van der Waals surface area (Å²) < 4.78 is 5.56. The van der Waals surface area contributed by atoms with Gasteiger partial charge in [0, 0.05) is 6.54 Å². The van der Waals surface area contributed by atoms with Crippen molar-refractivity contribution in [3.63, 3.8) is 0 Å². The van der Waals surface area contributed by atoms with Crippen LogP contribution in [-0.4, -0.2) is 13.2 Å². The second-order valence-electron chi connectivity index (χ2n) is 4.97. The summed E-state index contributed by atoms with van der Waals surface area (Å²) >= 11 is 12.4. The van der Waals surface area contributed by atoms with Crippen LogP contribution in [0.1, 0.15) is 51.5 Å². The fraction of sp³-hybridized carbons (Fsp3) is 0.625. The van der Waals surface area contributed by atoms with Crippen molar-refractivity contribution >= 4 is 23.2 Å². The van der Waals surface area contributed by atoms with Crippen LogP contribution in [0.2, 0.25) is 10.0 Å². The number of hydrogen-bond donors (Lipinski definition) is 1. The summed E-state index contributed by atoms with van der Waals surface area (Å²) in [7, 11) is 0. The van der Waals surface area contributed by atoms with Gasteiger partial charge in [-0.2, -0.15) is 0 Å². The molecule has 0 bridgehead atoms. The van der Waals surface area contributed by atoms with Crippen LogP contribution in [0.3, 0.4) is 0 Å². The Labute approximate surface area is 132 Å².